The average molecular weight is 384 g/mol. The molecule has 1 aromatic heterocycles. The second-order valence-electron chi connectivity index (χ2n) is 5.01. The van der Waals surface area contributed by atoms with Gasteiger partial charge in [-0.25, -0.2) is 8.78 Å². The summed E-state index contributed by atoms with van der Waals surface area (Å²) in [6, 6.07) is 5.37. The minimum absolute atomic E-state index is 0.0683. The molecule has 0 saturated heterocycles. The van der Waals surface area contributed by atoms with Crippen LogP contribution in [0.25, 0.3) is 10.2 Å². The number of hydrogen-bond donors (Lipinski definition) is 0. The number of aryl methyl sites for hydroxylation is 1. The van der Waals surface area contributed by atoms with Gasteiger partial charge in [0, 0.05) is 24.2 Å². The summed E-state index contributed by atoms with van der Waals surface area (Å²) in [4.78, 5) is 26.6. The molecule has 0 radical (unpaired) electrons. The maximum Gasteiger partial charge on any atom is 0.286 e. The Labute approximate surface area is 147 Å². The fourth-order valence-corrected chi connectivity index (χ4v) is 3.52. The van der Waals surface area contributed by atoms with Gasteiger partial charge in [-0.05, 0) is 18.2 Å². The van der Waals surface area contributed by atoms with E-state index in [9.17, 15) is 23.7 Å². The number of fused-ring (bicyclic) bond motifs is 1. The zero-order chi connectivity index (χ0) is 18.3. The standard InChI is InChI=1S/C15H8ClF2N3O3S/c1-20-13-10(18)5-8(17)6-12(13)25-15(20)19-14(22)9-4-7(16)2-3-11(9)21(23)24/h2-6H,1H3/b19-15-. The van der Waals surface area contributed by atoms with E-state index in [0.717, 1.165) is 35.6 Å². The number of aromatic nitrogens is 1. The molecule has 0 aliphatic carbocycles. The van der Waals surface area contributed by atoms with E-state index < -0.39 is 28.2 Å². The highest BCUT2D eigenvalue weighted by Gasteiger charge is 2.21. The molecule has 3 rings (SSSR count). The van der Waals surface area contributed by atoms with Crippen LogP contribution in [0.15, 0.2) is 35.3 Å². The molecular weight excluding hydrogens is 376 g/mol. The summed E-state index contributed by atoms with van der Waals surface area (Å²) >= 11 is 6.68. The van der Waals surface area contributed by atoms with Gasteiger partial charge in [0.1, 0.15) is 11.4 Å². The van der Waals surface area contributed by atoms with E-state index in [4.69, 9.17) is 11.6 Å². The Bertz CT molecular complexity index is 1110. The molecule has 6 nitrogen and oxygen atoms in total. The van der Waals surface area contributed by atoms with Gasteiger partial charge in [-0.3, -0.25) is 14.9 Å². The van der Waals surface area contributed by atoms with Crippen LogP contribution in [0, 0.1) is 21.7 Å². The van der Waals surface area contributed by atoms with Crippen molar-refractivity contribution in [2.24, 2.45) is 12.0 Å². The molecule has 10 heteroatoms. The summed E-state index contributed by atoms with van der Waals surface area (Å²) in [6.07, 6.45) is 0. The summed E-state index contributed by atoms with van der Waals surface area (Å²) in [5.74, 6) is -2.45. The molecule has 0 atom stereocenters. The quantitative estimate of drug-likeness (QED) is 0.498. The number of halogens is 3. The zero-order valence-corrected chi connectivity index (χ0v) is 14.1. The van der Waals surface area contributed by atoms with E-state index in [-0.39, 0.29) is 25.6 Å². The molecule has 0 spiro atoms. The number of carbonyl (C=O) groups excluding carboxylic acids is 1. The molecule has 0 N–H and O–H groups in total. The van der Waals surface area contributed by atoms with Gasteiger partial charge in [0.2, 0.25) is 0 Å². The Balaban J connectivity index is 2.19. The van der Waals surface area contributed by atoms with Crippen molar-refractivity contribution in [3.05, 3.63) is 67.5 Å². The highest BCUT2D eigenvalue weighted by molar-refractivity contribution is 7.16. The monoisotopic (exact) mass is 383 g/mol. The fraction of sp³-hybridized carbons (Fsp3) is 0.0667. The van der Waals surface area contributed by atoms with Crippen LogP contribution in [0.1, 0.15) is 10.4 Å². The van der Waals surface area contributed by atoms with E-state index in [1.54, 1.807) is 0 Å². The molecule has 3 aromatic rings. The smallest absolute Gasteiger partial charge is 0.286 e. The third-order valence-corrected chi connectivity index (χ3v) is 4.71. The van der Waals surface area contributed by atoms with E-state index >= 15 is 0 Å². The van der Waals surface area contributed by atoms with Crippen LogP contribution < -0.4 is 4.80 Å². The number of amides is 1. The lowest BCUT2D eigenvalue weighted by Crippen LogP contribution is -2.14. The number of thiazole rings is 1. The van der Waals surface area contributed by atoms with Crippen molar-refractivity contribution in [1.29, 1.82) is 0 Å². The SMILES string of the molecule is Cn1/c(=N/C(=O)c2cc(Cl)ccc2[N+](=O)[O-])sc2cc(F)cc(F)c21. The first-order chi connectivity index (χ1) is 11.8. The average Bonchev–Trinajstić information content (AvgIpc) is 2.82. The summed E-state index contributed by atoms with van der Waals surface area (Å²) in [6.45, 7) is 0. The van der Waals surface area contributed by atoms with Crippen molar-refractivity contribution in [3.63, 3.8) is 0 Å². The fourth-order valence-electron chi connectivity index (χ4n) is 2.29. The minimum atomic E-state index is -0.905. The van der Waals surface area contributed by atoms with Crippen molar-refractivity contribution in [2.45, 2.75) is 0 Å². The Morgan fingerprint density at radius 1 is 1.32 bits per heavy atom. The summed E-state index contributed by atoms with van der Waals surface area (Å²) in [5.41, 5.74) is -0.653. The van der Waals surface area contributed by atoms with Crippen LogP contribution in [0.3, 0.4) is 0 Å². The normalized spacial score (nSPS) is 11.9. The predicted molar refractivity (Wildman–Crippen MR) is 88.7 cm³/mol. The van der Waals surface area contributed by atoms with Gasteiger partial charge in [0.15, 0.2) is 10.6 Å². The predicted octanol–water partition coefficient (Wildman–Crippen LogP) is 3.82. The van der Waals surface area contributed by atoms with Gasteiger partial charge in [0.05, 0.1) is 15.1 Å². The lowest BCUT2D eigenvalue weighted by Gasteiger charge is -2.00. The van der Waals surface area contributed by atoms with Gasteiger partial charge in [0.25, 0.3) is 11.6 Å². The number of carbonyl (C=O) groups is 1. The number of nitro groups is 1. The summed E-state index contributed by atoms with van der Waals surface area (Å²) < 4.78 is 28.8. The highest BCUT2D eigenvalue weighted by atomic mass is 35.5. The summed E-state index contributed by atoms with van der Waals surface area (Å²) in [7, 11) is 1.46. The lowest BCUT2D eigenvalue weighted by atomic mass is 10.2. The lowest BCUT2D eigenvalue weighted by molar-refractivity contribution is -0.385. The number of hydrogen-bond acceptors (Lipinski definition) is 4. The van der Waals surface area contributed by atoms with E-state index in [2.05, 4.69) is 4.99 Å². The topological polar surface area (TPSA) is 77.5 Å². The molecule has 0 aliphatic heterocycles. The van der Waals surface area contributed by atoms with Crippen molar-refractivity contribution in [2.75, 3.05) is 0 Å². The van der Waals surface area contributed by atoms with Crippen LogP contribution in [0.4, 0.5) is 14.5 Å². The molecule has 0 unspecified atom stereocenters. The second-order valence-corrected chi connectivity index (χ2v) is 6.46. The third kappa shape index (κ3) is 3.15. The Morgan fingerprint density at radius 3 is 2.72 bits per heavy atom. The van der Waals surface area contributed by atoms with Crippen molar-refractivity contribution in [3.8, 4) is 0 Å². The molecule has 0 saturated carbocycles. The number of nitrogens with zero attached hydrogens (tertiary/aromatic N) is 3. The Kier molecular flexibility index (Phi) is 4.36. The van der Waals surface area contributed by atoms with E-state index in [1.165, 1.54) is 17.7 Å². The minimum Gasteiger partial charge on any atom is -0.317 e. The molecule has 25 heavy (non-hydrogen) atoms. The van der Waals surface area contributed by atoms with Gasteiger partial charge >= 0.3 is 0 Å². The van der Waals surface area contributed by atoms with Crippen molar-refractivity contribution >= 4 is 44.7 Å². The highest BCUT2D eigenvalue weighted by Crippen LogP contribution is 2.24. The first-order valence-corrected chi connectivity index (χ1v) is 7.95. The van der Waals surface area contributed by atoms with Crippen LogP contribution in [0.5, 0.6) is 0 Å². The molecule has 128 valence electrons. The van der Waals surface area contributed by atoms with Crippen molar-refractivity contribution < 1.29 is 18.5 Å². The zero-order valence-electron chi connectivity index (χ0n) is 12.5. The van der Waals surface area contributed by atoms with Gasteiger partial charge < -0.3 is 4.57 Å². The number of rotatable bonds is 2. The molecule has 1 heterocycles. The molecular formula is C15H8ClF2N3O3S. The molecule has 0 bridgehead atoms. The number of nitro benzene ring substituents is 1. The molecule has 0 fully saturated rings. The Morgan fingerprint density at radius 2 is 2.04 bits per heavy atom. The number of benzene rings is 2. The van der Waals surface area contributed by atoms with Crippen LogP contribution in [0.2, 0.25) is 5.02 Å². The van der Waals surface area contributed by atoms with Gasteiger partial charge in [-0.1, -0.05) is 22.9 Å². The van der Waals surface area contributed by atoms with Crippen molar-refractivity contribution in [1.82, 2.24) is 4.57 Å². The second kappa shape index (κ2) is 6.34. The van der Waals surface area contributed by atoms with Crippen LogP contribution in [-0.4, -0.2) is 15.4 Å². The largest absolute Gasteiger partial charge is 0.317 e. The molecule has 1 amide bonds. The third-order valence-electron chi connectivity index (χ3n) is 3.40. The van der Waals surface area contributed by atoms with Gasteiger partial charge in [-0.15, -0.1) is 0 Å². The van der Waals surface area contributed by atoms with Crippen LogP contribution >= 0.6 is 22.9 Å². The maximum absolute atomic E-state index is 13.9. The molecule has 0 aliphatic rings. The first-order valence-electron chi connectivity index (χ1n) is 6.75. The van der Waals surface area contributed by atoms with E-state index in [1.807, 2.05) is 0 Å². The van der Waals surface area contributed by atoms with Crippen LogP contribution in [-0.2, 0) is 7.05 Å². The first kappa shape index (κ1) is 17.2. The van der Waals surface area contributed by atoms with Gasteiger partial charge in [-0.2, -0.15) is 4.99 Å². The maximum atomic E-state index is 13.9. The Hall–Kier alpha value is -2.65. The molecule has 2 aromatic carbocycles. The summed E-state index contributed by atoms with van der Waals surface area (Å²) in [5, 5.41) is 11.2. The van der Waals surface area contributed by atoms with E-state index in [0.29, 0.717) is 0 Å².